The van der Waals surface area contributed by atoms with Gasteiger partial charge in [-0.3, -0.25) is 0 Å². The summed E-state index contributed by atoms with van der Waals surface area (Å²) in [7, 11) is -4.21. The topological polar surface area (TPSA) is 136 Å². The molecule has 1 fully saturated rings. The number of nitrogens with zero attached hydrogens (tertiary/aromatic N) is 2. The van der Waals surface area contributed by atoms with Crippen molar-refractivity contribution in [2.24, 2.45) is 11.1 Å². The average Bonchev–Trinajstić information content (AvgIpc) is 3.44. The molecule has 0 spiro atoms. The largest absolute Gasteiger partial charge is 0.476 e. The Bertz CT molecular complexity index is 1820. The van der Waals surface area contributed by atoms with Crippen molar-refractivity contribution >= 4 is 27.3 Å². The quantitative estimate of drug-likeness (QED) is 0.249. The molecule has 2 heterocycles. The predicted octanol–water partition coefficient (Wildman–Crippen LogP) is 4.89. The Morgan fingerprint density at radius 1 is 1.22 bits per heavy atom. The van der Waals surface area contributed by atoms with Crippen LogP contribution in [0.3, 0.4) is 0 Å². The maximum atomic E-state index is 14.8. The van der Waals surface area contributed by atoms with Crippen LogP contribution >= 0.6 is 11.3 Å². The zero-order valence-corrected chi connectivity index (χ0v) is 24.0. The number of benzene rings is 2. The summed E-state index contributed by atoms with van der Waals surface area (Å²) in [6.45, 7) is 3.42. The van der Waals surface area contributed by atoms with E-state index in [1.165, 1.54) is 28.8 Å². The van der Waals surface area contributed by atoms with E-state index in [1.54, 1.807) is 13.8 Å². The van der Waals surface area contributed by atoms with Crippen LogP contribution in [0, 0.1) is 23.6 Å². The molecule has 0 radical (unpaired) electrons. The van der Waals surface area contributed by atoms with Gasteiger partial charge in [-0.2, -0.15) is 0 Å². The van der Waals surface area contributed by atoms with Crippen LogP contribution in [0.1, 0.15) is 54.0 Å². The molecule has 0 aliphatic heterocycles. The molecule has 4 aromatic rings. The molecule has 8 nitrogen and oxygen atoms in total. The Morgan fingerprint density at radius 2 is 1.98 bits per heavy atom. The van der Waals surface area contributed by atoms with Crippen LogP contribution in [0.2, 0.25) is 0 Å². The van der Waals surface area contributed by atoms with E-state index >= 15 is 0 Å². The van der Waals surface area contributed by atoms with Crippen molar-refractivity contribution < 1.29 is 27.8 Å². The van der Waals surface area contributed by atoms with Crippen LogP contribution in [0.25, 0.3) is 21.8 Å². The van der Waals surface area contributed by atoms with E-state index in [0.717, 1.165) is 41.4 Å². The highest BCUT2D eigenvalue weighted by Crippen LogP contribution is 2.41. The lowest BCUT2D eigenvalue weighted by Crippen LogP contribution is -2.15. The summed E-state index contributed by atoms with van der Waals surface area (Å²) in [5, 5.41) is 26.7. The average molecular weight is 594 g/mol. The van der Waals surface area contributed by atoms with Crippen molar-refractivity contribution in [3.63, 3.8) is 0 Å². The fraction of sp³-hybridized carbons (Fsp3) is 0.267. The summed E-state index contributed by atoms with van der Waals surface area (Å²) in [5.74, 6) is 4.23. The molecule has 2 aromatic heterocycles. The second kappa shape index (κ2) is 10.9. The van der Waals surface area contributed by atoms with E-state index in [4.69, 9.17) is 5.14 Å². The summed E-state index contributed by atoms with van der Waals surface area (Å²) in [5.41, 5.74) is 3.32. The Labute approximate surface area is 241 Å². The summed E-state index contributed by atoms with van der Waals surface area (Å²) >= 11 is 1.24. The molecule has 0 saturated heterocycles. The molecule has 1 aliphatic carbocycles. The van der Waals surface area contributed by atoms with Gasteiger partial charge in [0.2, 0.25) is 10.0 Å². The number of primary sulfonamides is 1. The normalized spacial score (nSPS) is 13.6. The van der Waals surface area contributed by atoms with E-state index in [2.05, 4.69) is 16.8 Å². The van der Waals surface area contributed by atoms with E-state index in [9.17, 15) is 27.8 Å². The molecule has 212 valence electrons. The molecule has 0 unspecified atom stereocenters. The zero-order valence-electron chi connectivity index (χ0n) is 22.4. The van der Waals surface area contributed by atoms with E-state index < -0.39 is 32.3 Å². The van der Waals surface area contributed by atoms with Crippen LogP contribution in [-0.2, 0) is 23.0 Å². The maximum absolute atomic E-state index is 14.8. The molecule has 11 heteroatoms. The number of carboxylic acid groups (broad SMARTS) is 1. The molecule has 5 rings (SSSR count). The van der Waals surface area contributed by atoms with Gasteiger partial charge in [-0.1, -0.05) is 30.0 Å². The van der Waals surface area contributed by atoms with Crippen molar-refractivity contribution in [3.8, 4) is 33.7 Å². The molecule has 0 bridgehead atoms. The van der Waals surface area contributed by atoms with E-state index in [1.807, 2.05) is 34.9 Å². The highest BCUT2D eigenvalue weighted by molar-refractivity contribution is 7.89. The number of aromatic carboxylic acids is 1. The number of carbonyl (C=O) groups is 1. The number of carboxylic acids is 1. The molecule has 41 heavy (non-hydrogen) atoms. The van der Waals surface area contributed by atoms with Gasteiger partial charge in [0.15, 0.2) is 5.69 Å². The molecule has 4 N–H and O–H groups in total. The Balaban J connectivity index is 1.68. The number of rotatable bonds is 8. The lowest BCUT2D eigenvalue weighted by atomic mass is 10.1. The number of hydrogen-bond acceptors (Lipinski definition) is 6. The van der Waals surface area contributed by atoms with Crippen LogP contribution < -0.4 is 5.14 Å². The third-order valence-electron chi connectivity index (χ3n) is 6.66. The van der Waals surface area contributed by atoms with Gasteiger partial charge in [-0.05, 0) is 80.5 Å². The van der Waals surface area contributed by atoms with Gasteiger partial charge in [-0.25, -0.2) is 27.7 Å². The molecule has 2 aromatic carbocycles. The maximum Gasteiger partial charge on any atom is 0.355 e. The molecule has 0 amide bonds. The minimum atomic E-state index is -4.21. The summed E-state index contributed by atoms with van der Waals surface area (Å²) in [4.78, 5) is 15.4. The molecule has 0 atom stereocenters. The van der Waals surface area contributed by atoms with Gasteiger partial charge in [0.05, 0.1) is 0 Å². The van der Waals surface area contributed by atoms with Crippen LogP contribution in [0.15, 0.2) is 58.8 Å². The highest BCUT2D eigenvalue weighted by Gasteiger charge is 2.28. The first-order chi connectivity index (χ1) is 19.3. The van der Waals surface area contributed by atoms with Gasteiger partial charge < -0.3 is 14.8 Å². The molecular weight excluding hydrogens is 565 g/mol. The number of aliphatic hydroxyl groups is 1. The number of aromatic nitrogens is 2. The second-order valence-corrected chi connectivity index (χ2v) is 13.1. The fourth-order valence-electron chi connectivity index (χ4n) is 4.54. The number of nitrogens with two attached hydrogens (primary N) is 1. The van der Waals surface area contributed by atoms with Gasteiger partial charge >= 0.3 is 5.97 Å². The second-order valence-electron chi connectivity index (χ2n) is 10.7. The first-order valence-electron chi connectivity index (χ1n) is 12.9. The van der Waals surface area contributed by atoms with Gasteiger partial charge in [0.1, 0.15) is 21.3 Å². The Morgan fingerprint density at radius 3 is 2.59 bits per heavy atom. The van der Waals surface area contributed by atoms with E-state index in [0.29, 0.717) is 28.5 Å². The number of halogens is 1. The molecule has 1 aliphatic rings. The fourth-order valence-corrected chi connectivity index (χ4v) is 5.96. The Kier molecular flexibility index (Phi) is 7.61. The first kappa shape index (κ1) is 28.7. The third kappa shape index (κ3) is 6.74. The monoisotopic (exact) mass is 593 g/mol. The smallest absolute Gasteiger partial charge is 0.355 e. The predicted molar refractivity (Wildman–Crippen MR) is 154 cm³/mol. The zero-order chi connectivity index (χ0) is 29.5. The van der Waals surface area contributed by atoms with Crippen molar-refractivity contribution in [1.82, 2.24) is 9.55 Å². The van der Waals surface area contributed by atoms with Crippen LogP contribution in [0.5, 0.6) is 0 Å². The van der Waals surface area contributed by atoms with Gasteiger partial charge in [-0.15, -0.1) is 11.3 Å². The van der Waals surface area contributed by atoms with E-state index in [-0.39, 0.29) is 12.2 Å². The summed E-state index contributed by atoms with van der Waals surface area (Å²) < 4.78 is 40.4. The minimum absolute atomic E-state index is 0.0405. The van der Waals surface area contributed by atoms with Crippen LogP contribution in [0.4, 0.5) is 4.39 Å². The third-order valence-corrected chi connectivity index (χ3v) is 8.48. The highest BCUT2D eigenvalue weighted by atomic mass is 32.2. The number of hydrogen-bond donors (Lipinski definition) is 3. The van der Waals surface area contributed by atoms with Crippen molar-refractivity contribution in [1.29, 1.82) is 0 Å². The van der Waals surface area contributed by atoms with Crippen molar-refractivity contribution in [2.75, 3.05) is 0 Å². The SMILES string of the molecule is CC(C)(O)C#Cc1cccc(-c2cc(-c3nc(C(=O)O)cs3)c(CC3CC3)n2Cc2ccc(S(N)(=O)=O)c(F)c2)c1. The lowest BCUT2D eigenvalue weighted by molar-refractivity contribution is 0.0691. The molecular formula is C30H28FN3O5S2. The van der Waals surface area contributed by atoms with Crippen molar-refractivity contribution in [3.05, 3.63) is 82.2 Å². The standard InChI is InChI=1S/C30H28FN3O5S2/c1-30(2,37)11-10-18-4-3-5-21(12-18)25-15-22(28-33-24(17-40-28)29(35)36)26(14-19-6-7-19)34(25)16-20-8-9-27(23(31)13-20)41(32,38)39/h3-5,8-9,12-13,15,17,19,37H,6-7,14,16H2,1-2H3,(H,35,36)(H2,32,38,39). The summed E-state index contributed by atoms with van der Waals surface area (Å²) in [6, 6.07) is 13.3. The van der Waals surface area contributed by atoms with Gasteiger partial charge in [0, 0.05) is 34.4 Å². The van der Waals surface area contributed by atoms with Crippen LogP contribution in [-0.4, -0.2) is 39.8 Å². The molecule has 1 saturated carbocycles. The first-order valence-corrected chi connectivity index (χ1v) is 15.3. The summed E-state index contributed by atoms with van der Waals surface area (Å²) in [6.07, 6.45) is 2.85. The lowest BCUT2D eigenvalue weighted by Gasteiger charge is -2.16. The minimum Gasteiger partial charge on any atom is -0.476 e. The Hall–Kier alpha value is -3.82. The van der Waals surface area contributed by atoms with Crippen molar-refractivity contribution in [2.45, 2.75) is 50.2 Å². The number of sulfonamides is 1. The number of thiazole rings is 1. The van der Waals surface area contributed by atoms with Gasteiger partial charge in [0.25, 0.3) is 0 Å².